The van der Waals surface area contributed by atoms with Crippen LogP contribution in [0.15, 0.2) is 83.0 Å². The maximum Gasteiger partial charge on any atom is 0.204 e. The van der Waals surface area contributed by atoms with E-state index in [1.807, 2.05) is 72.8 Å². The number of ether oxygens (including phenoxy) is 1. The fourth-order valence-corrected chi connectivity index (χ4v) is 4.76. The Kier molecular flexibility index (Phi) is 5.73. The fourth-order valence-electron chi connectivity index (χ4n) is 3.74. The summed E-state index contributed by atoms with van der Waals surface area (Å²) in [5, 5.41) is 20.7. The van der Waals surface area contributed by atoms with Gasteiger partial charge >= 0.3 is 0 Å². The van der Waals surface area contributed by atoms with Gasteiger partial charge in [0.25, 0.3) is 0 Å². The van der Waals surface area contributed by atoms with Gasteiger partial charge < -0.3 is 15.6 Å². The Morgan fingerprint density at radius 2 is 1.74 bits per heavy atom. The minimum atomic E-state index is -0.0682. The summed E-state index contributed by atoms with van der Waals surface area (Å²) in [5.41, 5.74) is 10.5. The van der Waals surface area contributed by atoms with Crippen LogP contribution < -0.4 is 10.5 Å². The first kappa shape index (κ1) is 21.7. The lowest BCUT2D eigenvalue weighted by Crippen LogP contribution is -2.00. The number of hydrogen-bond acceptors (Lipinski definition) is 7. The number of rotatable bonds is 6. The number of fused-ring (bicyclic) bond motifs is 1. The van der Waals surface area contributed by atoms with Crippen LogP contribution in [-0.2, 0) is 6.42 Å². The van der Waals surface area contributed by atoms with Gasteiger partial charge in [0.2, 0.25) is 5.82 Å². The van der Waals surface area contributed by atoms with E-state index in [2.05, 4.69) is 17.2 Å². The molecule has 8 heteroatoms. The quantitative estimate of drug-likeness (QED) is 0.261. The minimum Gasteiger partial charge on any atom is -0.504 e. The van der Waals surface area contributed by atoms with Crippen LogP contribution in [0.4, 0.5) is 17.3 Å². The van der Waals surface area contributed by atoms with Gasteiger partial charge in [-0.1, -0.05) is 31.2 Å². The number of para-hydroxylation sites is 1. The number of hydrogen-bond donors (Lipinski definition) is 2. The SMILES string of the molecule is CCc1ccc(N=Nc2c(O)c(-c3nc4ccccc4s3)c(N)n2-c2ccc(OC)cc2)cc1. The molecule has 0 bridgehead atoms. The number of benzene rings is 3. The van der Waals surface area contributed by atoms with Gasteiger partial charge in [-0.3, -0.25) is 4.57 Å². The van der Waals surface area contributed by atoms with Gasteiger partial charge in [-0.15, -0.1) is 21.6 Å². The van der Waals surface area contributed by atoms with Crippen molar-refractivity contribution in [3.8, 4) is 27.8 Å². The third-order valence-corrected chi connectivity index (χ3v) is 6.65. The van der Waals surface area contributed by atoms with Crippen LogP contribution in [0.5, 0.6) is 11.5 Å². The van der Waals surface area contributed by atoms with Gasteiger partial charge in [-0.25, -0.2) is 4.98 Å². The summed E-state index contributed by atoms with van der Waals surface area (Å²) < 4.78 is 7.97. The number of nitrogens with zero attached hydrogens (tertiary/aromatic N) is 4. The first-order chi connectivity index (χ1) is 16.6. The molecule has 3 aromatic carbocycles. The molecular formula is C26H23N5O2S. The number of aromatic nitrogens is 2. The van der Waals surface area contributed by atoms with Crippen molar-refractivity contribution in [1.82, 2.24) is 9.55 Å². The maximum absolute atomic E-state index is 11.3. The second-order valence-electron chi connectivity index (χ2n) is 7.67. The highest BCUT2D eigenvalue weighted by molar-refractivity contribution is 7.21. The van der Waals surface area contributed by atoms with Crippen molar-refractivity contribution < 1.29 is 9.84 Å². The van der Waals surface area contributed by atoms with Crippen molar-refractivity contribution >= 4 is 38.9 Å². The third kappa shape index (κ3) is 3.88. The van der Waals surface area contributed by atoms with Crippen LogP contribution in [0.2, 0.25) is 0 Å². The Balaban J connectivity index is 1.67. The second-order valence-corrected chi connectivity index (χ2v) is 8.70. The van der Waals surface area contributed by atoms with Crippen LogP contribution in [0.25, 0.3) is 26.5 Å². The molecule has 7 nitrogen and oxygen atoms in total. The molecule has 2 heterocycles. The lowest BCUT2D eigenvalue weighted by atomic mass is 10.2. The van der Waals surface area contributed by atoms with Crippen LogP contribution in [0, 0.1) is 0 Å². The van der Waals surface area contributed by atoms with E-state index in [9.17, 15) is 5.11 Å². The van der Waals surface area contributed by atoms with Crippen molar-refractivity contribution in [2.75, 3.05) is 12.8 Å². The van der Waals surface area contributed by atoms with E-state index >= 15 is 0 Å². The fraction of sp³-hybridized carbons (Fsp3) is 0.115. The Morgan fingerprint density at radius 1 is 1.00 bits per heavy atom. The summed E-state index contributed by atoms with van der Waals surface area (Å²) in [5.74, 6) is 1.21. The highest BCUT2D eigenvalue weighted by Crippen LogP contribution is 2.48. The van der Waals surface area contributed by atoms with Crippen LogP contribution >= 0.6 is 11.3 Å². The second kappa shape index (κ2) is 8.99. The molecule has 5 aromatic rings. The Labute approximate surface area is 200 Å². The highest BCUT2D eigenvalue weighted by atomic mass is 32.1. The first-order valence-corrected chi connectivity index (χ1v) is 11.6. The largest absolute Gasteiger partial charge is 0.504 e. The van der Waals surface area contributed by atoms with E-state index in [0.717, 1.165) is 22.3 Å². The zero-order chi connectivity index (χ0) is 23.7. The Bertz CT molecular complexity index is 1450. The summed E-state index contributed by atoms with van der Waals surface area (Å²) in [4.78, 5) is 4.69. The third-order valence-electron chi connectivity index (χ3n) is 5.60. The predicted molar refractivity (Wildman–Crippen MR) is 137 cm³/mol. The zero-order valence-electron chi connectivity index (χ0n) is 18.8. The molecule has 0 aliphatic carbocycles. The molecule has 34 heavy (non-hydrogen) atoms. The van der Waals surface area contributed by atoms with Gasteiger partial charge in [-0.05, 0) is 60.5 Å². The number of aryl methyl sites for hydroxylation is 1. The number of anilines is 1. The lowest BCUT2D eigenvalue weighted by Gasteiger charge is -2.09. The summed E-state index contributed by atoms with van der Waals surface area (Å²) in [7, 11) is 1.61. The first-order valence-electron chi connectivity index (χ1n) is 10.8. The van der Waals surface area contributed by atoms with Crippen molar-refractivity contribution in [2.24, 2.45) is 10.2 Å². The van der Waals surface area contributed by atoms with Crippen molar-refractivity contribution in [3.05, 3.63) is 78.4 Å². The molecule has 0 unspecified atom stereocenters. The van der Waals surface area contributed by atoms with E-state index in [-0.39, 0.29) is 11.6 Å². The van der Waals surface area contributed by atoms with Crippen LogP contribution in [-0.4, -0.2) is 21.8 Å². The number of azo groups is 1. The highest BCUT2D eigenvalue weighted by Gasteiger charge is 2.26. The van der Waals surface area contributed by atoms with E-state index in [1.165, 1.54) is 16.9 Å². The summed E-state index contributed by atoms with van der Waals surface area (Å²) >= 11 is 1.46. The molecule has 0 amide bonds. The monoisotopic (exact) mass is 469 g/mol. The molecule has 5 rings (SSSR count). The molecule has 0 spiro atoms. The van der Waals surface area contributed by atoms with E-state index in [0.29, 0.717) is 27.8 Å². The molecule has 0 atom stereocenters. The topological polar surface area (TPSA) is 98.0 Å². The lowest BCUT2D eigenvalue weighted by molar-refractivity contribution is 0.415. The number of thiazole rings is 1. The average Bonchev–Trinajstić information content (AvgIpc) is 3.40. The molecule has 0 aliphatic heterocycles. The van der Waals surface area contributed by atoms with Gasteiger partial charge in [0.15, 0.2) is 5.75 Å². The smallest absolute Gasteiger partial charge is 0.204 e. The zero-order valence-corrected chi connectivity index (χ0v) is 19.6. The van der Waals surface area contributed by atoms with E-state index in [1.54, 1.807) is 11.7 Å². The van der Waals surface area contributed by atoms with Crippen LogP contribution in [0.3, 0.4) is 0 Å². The Morgan fingerprint density at radius 3 is 2.41 bits per heavy atom. The average molecular weight is 470 g/mol. The number of methoxy groups -OCH3 is 1. The molecule has 2 aromatic heterocycles. The van der Waals surface area contributed by atoms with Crippen molar-refractivity contribution in [3.63, 3.8) is 0 Å². The predicted octanol–water partition coefficient (Wildman–Crippen LogP) is 7.03. The number of nitrogens with two attached hydrogens (primary N) is 1. The molecule has 170 valence electrons. The number of nitrogen functional groups attached to an aromatic ring is 1. The molecule has 0 aliphatic rings. The molecular weight excluding hydrogens is 446 g/mol. The van der Waals surface area contributed by atoms with Gasteiger partial charge in [0.1, 0.15) is 16.6 Å². The van der Waals surface area contributed by atoms with Gasteiger partial charge in [0.05, 0.1) is 28.6 Å². The summed E-state index contributed by atoms with van der Waals surface area (Å²) in [6.45, 7) is 2.10. The molecule has 3 N–H and O–H groups in total. The molecule has 0 fully saturated rings. The number of aromatic hydroxyl groups is 1. The Hall–Kier alpha value is -4.17. The van der Waals surface area contributed by atoms with Crippen molar-refractivity contribution in [1.29, 1.82) is 0 Å². The molecule has 0 saturated carbocycles. The van der Waals surface area contributed by atoms with Gasteiger partial charge in [-0.2, -0.15) is 0 Å². The molecule has 0 radical (unpaired) electrons. The summed E-state index contributed by atoms with van der Waals surface area (Å²) in [6.07, 6.45) is 0.945. The summed E-state index contributed by atoms with van der Waals surface area (Å²) in [6, 6.07) is 23.0. The van der Waals surface area contributed by atoms with E-state index in [4.69, 9.17) is 15.5 Å². The minimum absolute atomic E-state index is 0.0682. The van der Waals surface area contributed by atoms with Crippen molar-refractivity contribution in [2.45, 2.75) is 13.3 Å². The normalized spacial score (nSPS) is 11.5. The van der Waals surface area contributed by atoms with Gasteiger partial charge in [0, 0.05) is 5.69 Å². The van der Waals surface area contributed by atoms with E-state index < -0.39 is 0 Å². The standard InChI is InChI=1S/C26H23N5O2S/c1-3-16-8-10-17(11-9-16)29-30-25-23(32)22(26-28-20-6-4-5-7-21(20)34-26)24(27)31(25)18-12-14-19(33-2)15-13-18/h4-15,32H,3,27H2,1-2H3. The molecule has 0 saturated heterocycles. The maximum atomic E-state index is 11.3. The van der Waals surface area contributed by atoms with Crippen LogP contribution in [0.1, 0.15) is 12.5 Å².